The van der Waals surface area contributed by atoms with Gasteiger partial charge in [-0.15, -0.1) is 6.10 Å². The smallest absolute Gasteiger partial charge is 0.271 e. The van der Waals surface area contributed by atoms with Crippen molar-refractivity contribution in [3.63, 3.8) is 0 Å². The van der Waals surface area contributed by atoms with Crippen LogP contribution in [0.25, 0.3) is 11.2 Å². The molecule has 1 aliphatic heterocycles. The van der Waals surface area contributed by atoms with Crippen LogP contribution in [-0.2, 0) is 22.7 Å². The summed E-state index contributed by atoms with van der Waals surface area (Å²) >= 11 is 0. The van der Waals surface area contributed by atoms with Gasteiger partial charge in [-0.2, -0.15) is 0 Å². The van der Waals surface area contributed by atoms with Crippen molar-refractivity contribution in [3.05, 3.63) is 12.7 Å². The third kappa shape index (κ3) is 4.33. The van der Waals surface area contributed by atoms with E-state index >= 15 is 0 Å². The number of nitrogen functional groups attached to an aromatic ring is 1. The van der Waals surface area contributed by atoms with Crippen LogP contribution in [0.4, 0.5) is 5.82 Å². The molecule has 2 aromatic rings. The molecule has 0 amide bonds. The molecule has 0 spiro atoms. The summed E-state index contributed by atoms with van der Waals surface area (Å²) < 4.78 is 35.4. The van der Waals surface area contributed by atoms with Gasteiger partial charge in [-0.1, -0.05) is 6.10 Å². The Kier molecular flexibility index (Phi) is 5.35. The van der Waals surface area contributed by atoms with Gasteiger partial charge in [0.2, 0.25) is 0 Å². The number of nitrogens with zero attached hydrogens (tertiary/aromatic N) is 4. The maximum absolute atomic E-state index is 12.2. The summed E-state index contributed by atoms with van der Waals surface area (Å²) in [5.74, 6) is 0.0295. The molecule has 3 heterocycles. The van der Waals surface area contributed by atoms with Crippen LogP contribution in [0.2, 0.25) is 0 Å². The van der Waals surface area contributed by atoms with E-state index in [1.807, 2.05) is 0 Å². The highest BCUT2D eigenvalue weighted by Crippen LogP contribution is 2.50. The molecular weight excluding hydrogens is 412 g/mol. The van der Waals surface area contributed by atoms with Crippen molar-refractivity contribution in [1.29, 1.82) is 0 Å². The third-order valence-electron chi connectivity index (χ3n) is 3.54. The lowest BCUT2D eigenvalue weighted by atomic mass is 10.1. The Hall–Kier alpha value is -1.51. The van der Waals surface area contributed by atoms with E-state index < -0.39 is 46.8 Å². The van der Waals surface area contributed by atoms with Gasteiger partial charge in [-0.3, -0.25) is 13.4 Å². The van der Waals surface area contributed by atoms with Crippen molar-refractivity contribution >= 4 is 32.6 Å². The zero-order valence-electron chi connectivity index (χ0n) is 13.0. The van der Waals surface area contributed by atoms with Crippen LogP contribution < -0.4 is 30.6 Å². The van der Waals surface area contributed by atoms with Crippen LogP contribution in [-0.4, -0.2) is 44.4 Å². The number of nitrogens with two attached hydrogens (primary N) is 1. The van der Waals surface area contributed by atoms with Crippen molar-refractivity contribution < 1.29 is 47.6 Å². The average Bonchev–Trinajstić information content (AvgIpc) is 3.07. The van der Waals surface area contributed by atoms with E-state index in [0.717, 1.165) is 17.2 Å². The fourth-order valence-electron chi connectivity index (χ4n) is 2.43. The molecule has 0 aliphatic carbocycles. The first-order chi connectivity index (χ1) is 12.5. The predicted molar refractivity (Wildman–Crippen MR) is 73.5 cm³/mol. The molecular formula is C10H10N5O10P2-5. The van der Waals surface area contributed by atoms with E-state index in [4.69, 9.17) is 10.5 Å². The summed E-state index contributed by atoms with van der Waals surface area (Å²) in [6.45, 7) is -1.03. The van der Waals surface area contributed by atoms with Crippen LogP contribution >= 0.6 is 15.6 Å². The fourth-order valence-corrected chi connectivity index (χ4v) is 3.93. The van der Waals surface area contributed by atoms with E-state index in [1.165, 1.54) is 0 Å². The highest BCUT2D eigenvalue weighted by Gasteiger charge is 2.34. The largest absolute Gasteiger partial charge is 0.851 e. The maximum Gasteiger partial charge on any atom is 0.271 e. The molecule has 2 N–H and O–H groups in total. The standard InChI is InChI=1S/C10H13N5O10P2/c11-8-5-9(13-2-12-8)15(3-14-5)10-7(17)6(16)4(24-10)1-23-27(21,22)25-26(18,19)20/h2-4,6-7,10H,1H2,(H,21,22)(H2,11,12,13)(H2,18,19,20)/q-2/p-3. The number of hydrogen-bond acceptors (Lipinski definition) is 14. The second-order valence-corrected chi connectivity index (χ2v) is 8.05. The molecule has 5 unspecified atom stereocenters. The number of aromatic nitrogens is 4. The van der Waals surface area contributed by atoms with Gasteiger partial charge < -0.3 is 44.5 Å². The molecule has 3 rings (SSSR count). The van der Waals surface area contributed by atoms with Crippen molar-refractivity contribution in [1.82, 2.24) is 19.5 Å². The first-order valence-corrected chi connectivity index (χ1v) is 10.00. The Morgan fingerprint density at radius 3 is 2.56 bits per heavy atom. The zero-order chi connectivity index (χ0) is 20.0. The van der Waals surface area contributed by atoms with E-state index in [0.29, 0.717) is 0 Å². The number of ether oxygens (including phenoxy) is 1. The Balaban J connectivity index is 1.75. The number of fused-ring (bicyclic) bond motifs is 1. The molecule has 15 nitrogen and oxygen atoms in total. The Bertz CT molecular complexity index is 932. The Morgan fingerprint density at radius 2 is 1.89 bits per heavy atom. The molecule has 1 saturated heterocycles. The Morgan fingerprint density at radius 1 is 1.19 bits per heavy atom. The van der Waals surface area contributed by atoms with Gasteiger partial charge in [0.05, 0.1) is 26.9 Å². The summed E-state index contributed by atoms with van der Waals surface area (Å²) in [6.07, 6.45) is -4.65. The van der Waals surface area contributed by atoms with E-state index in [1.54, 1.807) is 0 Å². The monoisotopic (exact) mass is 422 g/mol. The van der Waals surface area contributed by atoms with E-state index in [9.17, 15) is 34.0 Å². The van der Waals surface area contributed by atoms with Crippen LogP contribution in [0.3, 0.4) is 0 Å². The first kappa shape index (κ1) is 20.2. The topological polar surface area (TPSA) is 247 Å². The van der Waals surface area contributed by atoms with Gasteiger partial charge in [0.1, 0.15) is 18.1 Å². The molecule has 5 atom stereocenters. The molecule has 150 valence electrons. The van der Waals surface area contributed by atoms with Gasteiger partial charge in [-0.05, 0) is 0 Å². The summed E-state index contributed by atoms with van der Waals surface area (Å²) in [6, 6.07) is 0. The predicted octanol–water partition coefficient (Wildman–Crippen LogP) is -4.91. The minimum atomic E-state index is -5.88. The van der Waals surface area contributed by atoms with Crippen LogP contribution in [0.1, 0.15) is 6.23 Å². The minimum Gasteiger partial charge on any atom is -0.851 e. The molecule has 17 heteroatoms. The number of anilines is 1. The molecule has 27 heavy (non-hydrogen) atoms. The third-order valence-corrected chi connectivity index (χ3v) is 5.61. The first-order valence-electron chi connectivity index (χ1n) is 7.07. The summed E-state index contributed by atoms with van der Waals surface area (Å²) in [5.41, 5.74) is 5.89. The van der Waals surface area contributed by atoms with Gasteiger partial charge in [0, 0.05) is 0 Å². The highest BCUT2D eigenvalue weighted by atomic mass is 31.3. The van der Waals surface area contributed by atoms with Crippen LogP contribution in [0.5, 0.6) is 0 Å². The molecule has 0 radical (unpaired) electrons. The number of rotatable bonds is 6. The second-order valence-electron chi connectivity index (χ2n) is 5.35. The number of imidazole rings is 1. The van der Waals surface area contributed by atoms with Gasteiger partial charge in [0.25, 0.3) is 7.82 Å². The highest BCUT2D eigenvalue weighted by molar-refractivity contribution is 7.58. The number of phosphoric acid groups is 2. The lowest BCUT2D eigenvalue weighted by molar-refractivity contribution is -0.527. The van der Waals surface area contributed by atoms with Crippen LogP contribution in [0.15, 0.2) is 12.7 Å². The Labute approximate surface area is 150 Å². The molecule has 2 aromatic heterocycles. The molecule has 0 saturated carbocycles. The molecule has 0 bridgehead atoms. The average molecular weight is 422 g/mol. The van der Waals surface area contributed by atoms with Gasteiger partial charge in [-0.25, -0.2) is 15.0 Å². The quantitative estimate of drug-likeness (QED) is 0.429. The van der Waals surface area contributed by atoms with Gasteiger partial charge in [0.15, 0.2) is 11.5 Å². The zero-order valence-corrected chi connectivity index (χ0v) is 14.8. The van der Waals surface area contributed by atoms with Crippen molar-refractivity contribution in [2.24, 2.45) is 0 Å². The van der Waals surface area contributed by atoms with E-state index in [2.05, 4.69) is 23.8 Å². The lowest BCUT2D eigenvalue weighted by Crippen LogP contribution is -2.51. The van der Waals surface area contributed by atoms with Crippen LogP contribution in [0, 0.1) is 0 Å². The minimum absolute atomic E-state index is 0.0295. The van der Waals surface area contributed by atoms with Crippen molar-refractivity contribution in [2.75, 3.05) is 12.3 Å². The molecule has 1 aliphatic rings. The summed E-state index contributed by atoms with van der Waals surface area (Å²) in [4.78, 5) is 43.5. The normalized spacial score (nSPS) is 28.5. The second kappa shape index (κ2) is 7.14. The summed E-state index contributed by atoms with van der Waals surface area (Å²) in [5, 5.41) is 24.3. The molecule has 0 aromatic carbocycles. The fraction of sp³-hybridized carbons (Fsp3) is 0.500. The number of hydrogen-bond donors (Lipinski definition) is 1. The SMILES string of the molecule is Nc1ncnc2c1ncn2C1OC(COP(=O)([O-])OP(=O)([O-])[O-])C([O-])C1[O-]. The molecule has 1 fully saturated rings. The number of phosphoric ester groups is 1. The van der Waals surface area contributed by atoms with Crippen molar-refractivity contribution in [3.8, 4) is 0 Å². The maximum atomic E-state index is 12.2. The van der Waals surface area contributed by atoms with E-state index in [-0.39, 0.29) is 17.0 Å². The summed E-state index contributed by atoms with van der Waals surface area (Å²) in [7, 11) is -11.4. The lowest BCUT2D eigenvalue weighted by Gasteiger charge is -2.37. The van der Waals surface area contributed by atoms with Crippen molar-refractivity contribution in [2.45, 2.75) is 24.5 Å². The van der Waals surface area contributed by atoms with Gasteiger partial charge >= 0.3 is 0 Å².